The van der Waals surface area contributed by atoms with Crippen LogP contribution < -0.4 is 5.73 Å². The van der Waals surface area contributed by atoms with Crippen molar-refractivity contribution in [1.29, 1.82) is 0 Å². The van der Waals surface area contributed by atoms with E-state index in [1.165, 1.54) is 20.8 Å². The number of carbonyl (C=O) groups is 1. The highest BCUT2D eigenvalue weighted by Gasteiger charge is 2.62. The van der Waals surface area contributed by atoms with Gasteiger partial charge < -0.3 is 239 Å². The monoisotopic (exact) mass is 1720 g/mol. The lowest BCUT2D eigenvalue weighted by molar-refractivity contribution is -0.402. The van der Waals surface area contributed by atoms with Gasteiger partial charge in [0.25, 0.3) is 5.79 Å². The van der Waals surface area contributed by atoms with E-state index >= 15 is 0 Å². The number of hydrogen-bond donors (Lipinski definition) is 29. The summed E-state index contributed by atoms with van der Waals surface area (Å²) in [4.78, 5) is 12.8. The Kier molecular flexibility index (Phi) is 34.2. The molecule has 0 aromatic heterocycles. The van der Waals surface area contributed by atoms with Crippen LogP contribution in [-0.4, -0.2) is 503 Å². The highest BCUT2D eigenvalue weighted by atomic mass is 16.8. The Bertz CT molecular complexity index is 3020. The molecule has 49 heteroatoms. The van der Waals surface area contributed by atoms with E-state index in [4.69, 9.17) is 95.7 Å². The molecular formula is C68H117NO48. The lowest BCUT2D eigenvalue weighted by atomic mass is 9.88. The molecule has 21 unspecified atom stereocenters. The minimum atomic E-state index is -2.94. The minimum absolute atomic E-state index is 0.552. The third-order valence-electron chi connectivity index (χ3n) is 23.7. The molecule has 0 amide bonds. The Hall–Kier alpha value is -2.41. The molecule has 682 valence electrons. The number of nitrogens with two attached hydrogens (primary N) is 1. The molecule has 0 aromatic carbocycles. The maximum Gasteiger partial charge on any atom is 0.364 e. The average molecular weight is 1720 g/mol. The fourth-order valence-corrected chi connectivity index (χ4v) is 15.9. The van der Waals surface area contributed by atoms with Gasteiger partial charge in [-0.3, -0.25) is 0 Å². The van der Waals surface area contributed by atoms with Crippen molar-refractivity contribution >= 4 is 5.97 Å². The molecule has 10 aliphatic rings. The van der Waals surface area contributed by atoms with Crippen LogP contribution in [0, 0.1) is 23.7 Å². The molecule has 51 atom stereocenters. The second-order valence-corrected chi connectivity index (χ2v) is 31.4. The van der Waals surface area contributed by atoms with E-state index < -0.39 is 390 Å². The SMILES string of the molecule is CC1C(O)[C@H](O[C@@H]2OC(CO[C@]3(C(=O)O)CC(O)[C@@H](N)C(C(O)[C@H](O)CO)O3)[C@H](O)C(O)[C@@H]2O)[C@H](CO)O[C@H]1O[C@@H]1C(O)[C@H](O)C(CO)O[C@@H]1OCC1O[C@@H](O[C@@H]2C(CO)O[C@@H](O[C@@H]3C(CO)O[C@@H](C)[C@@H](C)C3O)[C@@H](C)C2O)[C@H](O)C(O[C@H]2O[C@H](CO)[C@@H](O)C(O)C2O[C@@H]2OC(CO)[C@@H](O[C@@H]3OC(CO)[C@H](O)C(O)[C@@H]3O)C(O)[C@@H]2C)[C@@H]1O. The molecule has 10 aliphatic heterocycles. The summed E-state index contributed by atoms with van der Waals surface area (Å²) in [6.45, 7) is -2.70. The van der Waals surface area contributed by atoms with E-state index in [1.807, 2.05) is 0 Å². The molecular weight excluding hydrogens is 1600 g/mol. The molecule has 0 aromatic rings. The highest BCUT2D eigenvalue weighted by Crippen LogP contribution is 2.43. The van der Waals surface area contributed by atoms with Gasteiger partial charge in [-0.2, -0.15) is 0 Å². The van der Waals surface area contributed by atoms with Crippen molar-refractivity contribution in [3.8, 4) is 0 Å². The van der Waals surface area contributed by atoms with E-state index in [0.717, 1.165) is 0 Å². The number of carboxylic acid groups (broad SMARTS) is 1. The first-order valence-electron chi connectivity index (χ1n) is 38.5. The van der Waals surface area contributed by atoms with Crippen LogP contribution in [0.15, 0.2) is 0 Å². The Morgan fingerprint density at radius 2 is 0.675 bits per heavy atom. The second-order valence-electron chi connectivity index (χ2n) is 31.4. The van der Waals surface area contributed by atoms with Crippen molar-refractivity contribution < 1.29 is 238 Å². The normalized spacial score (nSPS) is 52.1. The van der Waals surface area contributed by atoms with Crippen LogP contribution in [0.5, 0.6) is 0 Å². The summed E-state index contributed by atoms with van der Waals surface area (Å²) in [6, 6.07) is -1.56. The van der Waals surface area contributed by atoms with Crippen LogP contribution in [-0.2, 0) is 94.8 Å². The van der Waals surface area contributed by atoms with Gasteiger partial charge in [-0.1, -0.05) is 27.7 Å². The maximum atomic E-state index is 12.8. The molecule has 0 radical (unpaired) electrons. The Morgan fingerprint density at radius 1 is 0.350 bits per heavy atom. The van der Waals surface area contributed by atoms with Crippen molar-refractivity contribution in [1.82, 2.24) is 0 Å². The average Bonchev–Trinajstić information content (AvgIpc) is 0.769. The Morgan fingerprint density at radius 3 is 1.09 bits per heavy atom. The van der Waals surface area contributed by atoms with Gasteiger partial charge >= 0.3 is 5.97 Å². The van der Waals surface area contributed by atoms with Gasteiger partial charge in [-0.15, -0.1) is 0 Å². The molecule has 30 N–H and O–H groups in total. The number of hydrogen-bond acceptors (Lipinski definition) is 48. The second kappa shape index (κ2) is 41.4. The van der Waals surface area contributed by atoms with Crippen molar-refractivity contribution in [2.45, 2.75) is 329 Å². The lowest BCUT2D eigenvalue weighted by Crippen LogP contribution is -2.68. The zero-order valence-corrected chi connectivity index (χ0v) is 63.9. The predicted molar refractivity (Wildman–Crippen MR) is 365 cm³/mol. The van der Waals surface area contributed by atoms with Crippen LogP contribution in [0.2, 0.25) is 0 Å². The van der Waals surface area contributed by atoms with Gasteiger partial charge in [0.1, 0.15) is 189 Å². The van der Waals surface area contributed by atoms with E-state index in [1.54, 1.807) is 13.8 Å². The molecule has 117 heavy (non-hydrogen) atoms. The number of aliphatic hydroxyl groups excluding tert-OH is 27. The minimum Gasteiger partial charge on any atom is -0.477 e. The third-order valence-corrected chi connectivity index (χ3v) is 23.7. The van der Waals surface area contributed by atoms with Gasteiger partial charge in [0.2, 0.25) is 0 Å². The number of rotatable bonds is 31. The molecule has 0 aliphatic carbocycles. The van der Waals surface area contributed by atoms with Gasteiger partial charge in [-0.25, -0.2) is 4.79 Å². The first-order valence-corrected chi connectivity index (χ1v) is 38.5. The summed E-state index contributed by atoms with van der Waals surface area (Å²) in [6.07, 6.45) is -85.6. The van der Waals surface area contributed by atoms with E-state index in [-0.39, 0.29) is 0 Å². The zero-order chi connectivity index (χ0) is 86.2. The largest absolute Gasteiger partial charge is 0.477 e. The summed E-state index contributed by atoms with van der Waals surface area (Å²) >= 11 is 0. The smallest absolute Gasteiger partial charge is 0.364 e. The third kappa shape index (κ3) is 20.2. The van der Waals surface area contributed by atoms with Crippen LogP contribution in [0.3, 0.4) is 0 Å². The quantitative estimate of drug-likeness (QED) is 0.0306. The van der Waals surface area contributed by atoms with Crippen LogP contribution in [0.25, 0.3) is 0 Å². The Labute approximate surface area is 666 Å². The maximum absolute atomic E-state index is 12.8. The van der Waals surface area contributed by atoms with Crippen molar-refractivity contribution in [3.63, 3.8) is 0 Å². The van der Waals surface area contributed by atoms with E-state index in [9.17, 15) is 148 Å². The number of aliphatic hydroxyl groups is 27. The fourth-order valence-electron chi connectivity index (χ4n) is 15.9. The van der Waals surface area contributed by atoms with Gasteiger partial charge in [0.15, 0.2) is 50.3 Å². The number of carboxylic acids is 1. The summed E-state index contributed by atoms with van der Waals surface area (Å²) in [5.74, 6) is -9.43. The predicted octanol–water partition coefficient (Wildman–Crippen LogP) is -17.5. The van der Waals surface area contributed by atoms with Gasteiger partial charge in [0.05, 0.1) is 109 Å². The molecule has 0 saturated carbocycles. The van der Waals surface area contributed by atoms with Crippen molar-refractivity contribution in [3.05, 3.63) is 0 Å². The molecule has 49 nitrogen and oxygen atoms in total. The van der Waals surface area contributed by atoms with Gasteiger partial charge in [-0.05, 0) is 6.92 Å². The topological polar surface area (TPSA) is 785 Å². The summed E-state index contributed by atoms with van der Waals surface area (Å²) in [5, 5.41) is 309. The van der Waals surface area contributed by atoms with Crippen molar-refractivity contribution in [2.24, 2.45) is 29.4 Å². The highest BCUT2D eigenvalue weighted by molar-refractivity contribution is 5.76. The lowest BCUT2D eigenvalue weighted by Gasteiger charge is -2.51. The van der Waals surface area contributed by atoms with Crippen molar-refractivity contribution in [2.75, 3.05) is 66.1 Å². The first-order chi connectivity index (χ1) is 55.3. The molecule has 10 rings (SSSR count). The zero-order valence-electron chi connectivity index (χ0n) is 63.9. The fraction of sp³-hybridized carbons (Fsp3) is 0.985. The summed E-state index contributed by atoms with van der Waals surface area (Å²) in [5.41, 5.74) is 5.96. The van der Waals surface area contributed by atoms with E-state index in [2.05, 4.69) is 0 Å². The molecule has 10 heterocycles. The number of aliphatic carboxylic acids is 1. The van der Waals surface area contributed by atoms with E-state index in [0.29, 0.717) is 0 Å². The van der Waals surface area contributed by atoms with Crippen LogP contribution in [0.1, 0.15) is 41.0 Å². The molecule has 0 spiro atoms. The van der Waals surface area contributed by atoms with Gasteiger partial charge in [0, 0.05) is 30.1 Å². The molecule has 10 fully saturated rings. The first kappa shape index (κ1) is 96.8. The summed E-state index contributed by atoms with van der Waals surface area (Å²) < 4.78 is 114. The number of ether oxygens (including phenoxy) is 19. The summed E-state index contributed by atoms with van der Waals surface area (Å²) in [7, 11) is 0. The van der Waals surface area contributed by atoms with Crippen LogP contribution in [0.4, 0.5) is 0 Å². The Balaban J connectivity index is 0.893. The molecule has 10 saturated heterocycles. The van der Waals surface area contributed by atoms with Crippen LogP contribution >= 0.6 is 0 Å². The standard InChI is InChI=1S/C68H117NO48/c1-17-21(5)101-27(11-74)51(34(17)80)110-59-18(2)35(81)54(30(14-77)105-59)113-64-50(96)56(114-66-58(47(93)41(87)26(10-73)104-66)116-61-20(4)37(83)52(28(12-75)107-61)111-62-48(94)44(90)39(85)24(8-71)102-62)43(89)31(108-64)15-99-65-57(46(92)40(86)25(9-72)103-65)115-60-19(3)36(82)53(29(13-76)106-60)112-63-49(95)45(91)42(88)32(109-63)16-100-68(67(97)98)6-22(78)33(69)55(117-68)38(84)23(79)7-70/h17-66,70-96H,6-16,69H2,1-5H3,(H,97,98)/t17-,18+,19?,20+,21+,22?,23-,24?,25?,26-,27?,28?,29+,30?,31?,32?,33-,34?,35?,36?,37?,38?,39+,40-,41-,42+,43-,44?,45?,46?,47?,48+,49+,50-,51-,52-,53-,54-,55?,56?,57-,58?,59+,60+,61+,62+,63+,64+,65+,66-,68-/m1/s1. The molecule has 0 bridgehead atoms.